The number of H-pyrrole nitrogens is 1. The Bertz CT molecular complexity index is 761. The maximum atomic E-state index is 12.0. The summed E-state index contributed by atoms with van der Waals surface area (Å²) in [5.41, 5.74) is 1.14. The largest absolute Gasteiger partial charge is 0.325 e. The first-order valence-electron chi connectivity index (χ1n) is 8.57. The van der Waals surface area contributed by atoms with Crippen molar-refractivity contribution in [2.45, 2.75) is 43.7 Å². The highest BCUT2D eigenvalue weighted by Gasteiger charge is 2.16. The lowest BCUT2D eigenvalue weighted by Crippen LogP contribution is -2.14. The summed E-state index contributed by atoms with van der Waals surface area (Å²) < 4.78 is 0. The molecule has 1 saturated carbocycles. The molecule has 7 heteroatoms. The summed E-state index contributed by atoms with van der Waals surface area (Å²) in [5, 5.41) is 19.4. The third kappa shape index (κ3) is 5.33. The normalized spacial score (nSPS) is 14.4. The second-order valence-electron chi connectivity index (χ2n) is 6.28. The molecule has 1 heterocycles. The fourth-order valence-electron chi connectivity index (χ4n) is 3.09. The molecule has 0 radical (unpaired) electrons. The van der Waals surface area contributed by atoms with Crippen LogP contribution in [0.25, 0.3) is 0 Å². The number of carbonyl (C=O) groups is 1. The number of hydrogen-bond acceptors (Lipinski definition) is 5. The summed E-state index contributed by atoms with van der Waals surface area (Å²) in [5.74, 6) is 1.82. The molecule has 0 aliphatic heterocycles. The standard InChI is InChI=1S/C18H21N5OS/c19-11-14-6-3-7-15(10-14)20-17(24)12-25-18-21-16(22-23-18)9-8-13-4-1-2-5-13/h3,6-7,10,13H,1-2,4-5,8-9,12H2,(H,20,24)(H,21,22,23). The quantitative estimate of drug-likeness (QED) is 0.741. The molecule has 0 unspecified atom stereocenters. The fraction of sp³-hybridized carbons (Fsp3) is 0.444. The molecule has 1 aliphatic carbocycles. The first-order valence-corrected chi connectivity index (χ1v) is 9.55. The smallest absolute Gasteiger partial charge is 0.234 e. The number of nitrogens with zero attached hydrogens (tertiary/aromatic N) is 3. The zero-order valence-electron chi connectivity index (χ0n) is 14.0. The molecule has 2 aromatic rings. The van der Waals surface area contributed by atoms with Crippen LogP contribution in [0.15, 0.2) is 29.4 Å². The van der Waals surface area contributed by atoms with E-state index in [-0.39, 0.29) is 11.7 Å². The Kier molecular flexibility index (Phi) is 6.07. The molecule has 1 amide bonds. The number of aromatic amines is 1. The van der Waals surface area contributed by atoms with E-state index < -0.39 is 0 Å². The summed E-state index contributed by atoms with van der Waals surface area (Å²) in [6.45, 7) is 0. The Hall–Kier alpha value is -2.33. The van der Waals surface area contributed by atoms with E-state index in [0.717, 1.165) is 24.6 Å². The molecule has 0 bridgehead atoms. The molecule has 2 N–H and O–H groups in total. The number of nitrogens with one attached hydrogen (secondary N) is 2. The van der Waals surface area contributed by atoms with Gasteiger partial charge >= 0.3 is 0 Å². The highest BCUT2D eigenvalue weighted by atomic mass is 32.2. The average Bonchev–Trinajstić information content (AvgIpc) is 3.30. The number of anilines is 1. The molecule has 1 aromatic carbocycles. The van der Waals surface area contributed by atoms with Gasteiger partial charge in [0.15, 0.2) is 0 Å². The lowest BCUT2D eigenvalue weighted by molar-refractivity contribution is -0.113. The van der Waals surface area contributed by atoms with E-state index in [1.165, 1.54) is 37.4 Å². The molecule has 6 nitrogen and oxygen atoms in total. The average molecular weight is 355 g/mol. The Labute approximate surface area is 151 Å². The summed E-state index contributed by atoms with van der Waals surface area (Å²) in [7, 11) is 0. The number of rotatable bonds is 7. The predicted molar refractivity (Wildman–Crippen MR) is 97.2 cm³/mol. The Morgan fingerprint density at radius 1 is 1.40 bits per heavy atom. The van der Waals surface area contributed by atoms with Crippen LogP contribution in [0.4, 0.5) is 5.69 Å². The number of aromatic nitrogens is 3. The predicted octanol–water partition coefficient (Wildman–Crippen LogP) is 3.53. The van der Waals surface area contributed by atoms with Crippen LogP contribution >= 0.6 is 11.8 Å². The van der Waals surface area contributed by atoms with Crippen molar-refractivity contribution in [1.29, 1.82) is 5.26 Å². The third-order valence-electron chi connectivity index (χ3n) is 4.38. The van der Waals surface area contributed by atoms with Gasteiger partial charge in [0.1, 0.15) is 5.82 Å². The lowest BCUT2D eigenvalue weighted by Gasteiger charge is -2.05. The van der Waals surface area contributed by atoms with E-state index in [1.54, 1.807) is 24.3 Å². The van der Waals surface area contributed by atoms with Crippen LogP contribution in [0.1, 0.15) is 43.5 Å². The summed E-state index contributed by atoms with van der Waals surface area (Å²) in [4.78, 5) is 16.5. The molecule has 1 aromatic heterocycles. The van der Waals surface area contributed by atoms with E-state index >= 15 is 0 Å². The molecular formula is C18H21N5OS. The van der Waals surface area contributed by atoms with Crippen molar-refractivity contribution in [3.8, 4) is 6.07 Å². The van der Waals surface area contributed by atoms with Crippen LogP contribution in [0.3, 0.4) is 0 Å². The molecule has 25 heavy (non-hydrogen) atoms. The molecule has 1 aliphatic rings. The van der Waals surface area contributed by atoms with Crippen LogP contribution in [-0.2, 0) is 11.2 Å². The van der Waals surface area contributed by atoms with Crippen molar-refractivity contribution in [2.24, 2.45) is 5.92 Å². The summed E-state index contributed by atoms with van der Waals surface area (Å²) in [6.07, 6.45) is 7.47. The van der Waals surface area contributed by atoms with E-state index in [4.69, 9.17) is 5.26 Å². The van der Waals surface area contributed by atoms with Gasteiger partial charge in [-0.1, -0.05) is 43.5 Å². The van der Waals surface area contributed by atoms with Gasteiger partial charge < -0.3 is 5.32 Å². The van der Waals surface area contributed by atoms with Gasteiger partial charge in [0.2, 0.25) is 11.1 Å². The van der Waals surface area contributed by atoms with E-state index in [2.05, 4.69) is 26.6 Å². The first kappa shape index (κ1) is 17.5. The minimum atomic E-state index is -0.141. The number of thioether (sulfide) groups is 1. The number of hydrogen-bond donors (Lipinski definition) is 2. The van der Waals surface area contributed by atoms with Crippen molar-refractivity contribution >= 4 is 23.4 Å². The maximum absolute atomic E-state index is 12.0. The lowest BCUT2D eigenvalue weighted by atomic mass is 10.0. The minimum absolute atomic E-state index is 0.141. The molecule has 1 fully saturated rings. The van der Waals surface area contributed by atoms with Gasteiger partial charge in [0.25, 0.3) is 0 Å². The van der Waals surface area contributed by atoms with Gasteiger partial charge in [-0.25, -0.2) is 4.98 Å². The molecule has 3 rings (SSSR count). The Balaban J connectivity index is 1.43. The van der Waals surface area contributed by atoms with Crippen LogP contribution in [-0.4, -0.2) is 26.8 Å². The zero-order valence-corrected chi connectivity index (χ0v) is 14.8. The van der Waals surface area contributed by atoms with Crippen LogP contribution in [0, 0.1) is 17.2 Å². The number of nitriles is 1. The van der Waals surface area contributed by atoms with Gasteiger partial charge in [-0.2, -0.15) is 5.26 Å². The molecule has 0 saturated heterocycles. The van der Waals surface area contributed by atoms with Crippen molar-refractivity contribution in [1.82, 2.24) is 15.2 Å². The Morgan fingerprint density at radius 3 is 3.04 bits per heavy atom. The maximum Gasteiger partial charge on any atom is 0.234 e. The first-order chi connectivity index (χ1) is 12.2. The molecule has 0 atom stereocenters. The van der Waals surface area contributed by atoms with Gasteiger partial charge in [0, 0.05) is 12.1 Å². The van der Waals surface area contributed by atoms with E-state index in [0.29, 0.717) is 16.4 Å². The highest BCUT2D eigenvalue weighted by Crippen LogP contribution is 2.28. The second kappa shape index (κ2) is 8.67. The van der Waals surface area contributed by atoms with Gasteiger partial charge in [-0.05, 0) is 30.5 Å². The van der Waals surface area contributed by atoms with Crippen LogP contribution in [0.2, 0.25) is 0 Å². The second-order valence-corrected chi connectivity index (χ2v) is 7.23. The van der Waals surface area contributed by atoms with E-state index in [1.807, 2.05) is 0 Å². The number of aryl methyl sites for hydroxylation is 1. The number of benzene rings is 1. The van der Waals surface area contributed by atoms with Crippen LogP contribution < -0.4 is 5.32 Å². The van der Waals surface area contributed by atoms with E-state index in [9.17, 15) is 4.79 Å². The fourth-order valence-corrected chi connectivity index (χ4v) is 3.71. The minimum Gasteiger partial charge on any atom is -0.325 e. The summed E-state index contributed by atoms with van der Waals surface area (Å²) >= 11 is 1.31. The van der Waals surface area contributed by atoms with Gasteiger partial charge in [-0.3, -0.25) is 9.89 Å². The monoisotopic (exact) mass is 355 g/mol. The van der Waals surface area contributed by atoms with Crippen molar-refractivity contribution in [3.63, 3.8) is 0 Å². The number of carbonyl (C=O) groups excluding carboxylic acids is 1. The topological polar surface area (TPSA) is 94.5 Å². The van der Waals surface area contributed by atoms with Crippen molar-refractivity contribution < 1.29 is 4.79 Å². The number of amides is 1. The van der Waals surface area contributed by atoms with Crippen molar-refractivity contribution in [2.75, 3.05) is 11.1 Å². The zero-order chi connectivity index (χ0) is 17.5. The molecule has 130 valence electrons. The van der Waals surface area contributed by atoms with Gasteiger partial charge in [0.05, 0.1) is 17.4 Å². The molecular weight excluding hydrogens is 334 g/mol. The third-order valence-corrected chi connectivity index (χ3v) is 5.23. The molecule has 0 spiro atoms. The van der Waals surface area contributed by atoms with Crippen LogP contribution in [0.5, 0.6) is 0 Å². The SMILES string of the molecule is N#Cc1cccc(NC(=O)CSc2n[nH]c(CCC3CCCC3)n2)c1. The van der Waals surface area contributed by atoms with Crippen molar-refractivity contribution in [3.05, 3.63) is 35.7 Å². The Morgan fingerprint density at radius 2 is 2.24 bits per heavy atom. The van der Waals surface area contributed by atoms with Gasteiger partial charge in [-0.15, -0.1) is 5.10 Å². The summed E-state index contributed by atoms with van der Waals surface area (Å²) in [6, 6.07) is 8.91. The highest BCUT2D eigenvalue weighted by molar-refractivity contribution is 7.99.